The van der Waals surface area contributed by atoms with Gasteiger partial charge in [-0.25, -0.2) is 4.39 Å². The van der Waals surface area contributed by atoms with Crippen LogP contribution in [-0.4, -0.2) is 89.6 Å². The second-order valence-corrected chi connectivity index (χ2v) is 11.1. The Labute approximate surface area is 245 Å². The van der Waals surface area contributed by atoms with E-state index in [1.165, 1.54) is 29.2 Å². The summed E-state index contributed by atoms with van der Waals surface area (Å²) >= 11 is 0. The van der Waals surface area contributed by atoms with E-state index in [9.17, 15) is 23.6 Å². The lowest BCUT2D eigenvalue weighted by Gasteiger charge is -2.45. The van der Waals surface area contributed by atoms with Crippen LogP contribution in [-0.2, 0) is 25.5 Å². The van der Waals surface area contributed by atoms with Crippen LogP contribution in [0.4, 0.5) is 4.39 Å². The third-order valence-electron chi connectivity index (χ3n) is 8.72. The molecule has 0 bridgehead atoms. The van der Waals surface area contributed by atoms with E-state index in [-0.39, 0.29) is 35.9 Å². The molecule has 3 aliphatic rings. The number of halogens is 1. The van der Waals surface area contributed by atoms with Crippen molar-refractivity contribution in [2.75, 3.05) is 39.4 Å². The van der Waals surface area contributed by atoms with Crippen LogP contribution in [0.5, 0.6) is 0 Å². The minimum absolute atomic E-state index is 0.0238. The number of carbonyl (C=O) groups is 4. The molecule has 3 fully saturated rings. The molecule has 1 atom stereocenters. The fourth-order valence-electron chi connectivity index (χ4n) is 6.22. The number of piperidine rings is 2. The summed E-state index contributed by atoms with van der Waals surface area (Å²) in [5, 5.41) is 0. The normalized spacial score (nSPS) is 20.5. The molecule has 10 heteroatoms. The molecule has 9 nitrogen and oxygen atoms in total. The fraction of sp³-hybridized carbons (Fsp3) is 0.500. The van der Waals surface area contributed by atoms with Gasteiger partial charge >= 0.3 is 5.97 Å². The minimum atomic E-state index is -1.07. The average Bonchev–Trinajstić information content (AvgIpc) is 3.39. The maximum atomic E-state index is 14.0. The van der Waals surface area contributed by atoms with Crippen LogP contribution in [0.25, 0.3) is 0 Å². The molecule has 1 spiro atoms. The van der Waals surface area contributed by atoms with Gasteiger partial charge in [-0.15, -0.1) is 0 Å². The van der Waals surface area contributed by atoms with Gasteiger partial charge in [0.15, 0.2) is 0 Å². The number of amides is 3. The van der Waals surface area contributed by atoms with E-state index in [0.717, 1.165) is 12.0 Å². The predicted molar refractivity (Wildman–Crippen MR) is 152 cm³/mol. The average molecular weight is 580 g/mol. The highest BCUT2D eigenvalue weighted by molar-refractivity contribution is 5.98. The molecule has 0 aromatic heterocycles. The predicted octanol–water partition coefficient (Wildman–Crippen LogP) is 3.66. The Morgan fingerprint density at radius 1 is 0.857 bits per heavy atom. The van der Waals surface area contributed by atoms with E-state index in [2.05, 4.69) is 6.92 Å². The number of likely N-dealkylation sites (tertiary alicyclic amines) is 2. The zero-order valence-electron chi connectivity index (χ0n) is 24.2. The van der Waals surface area contributed by atoms with Crippen LogP contribution in [0.3, 0.4) is 0 Å². The van der Waals surface area contributed by atoms with Crippen molar-refractivity contribution in [3.05, 3.63) is 71.0 Å². The third kappa shape index (κ3) is 5.90. The van der Waals surface area contributed by atoms with Crippen molar-refractivity contribution < 1.29 is 33.0 Å². The number of hydrogen-bond donors (Lipinski definition) is 0. The van der Waals surface area contributed by atoms with Crippen molar-refractivity contribution in [3.8, 4) is 0 Å². The SMILES string of the molecule is CCOC(=O)C1CCN(C(=O)[C@@H]2COC3(CCN(C(=O)c4ccc(CC)cc4)CC3)N2C(=O)c2ccc(F)cc2)CC1. The summed E-state index contributed by atoms with van der Waals surface area (Å²) in [5.74, 6) is -1.70. The first-order valence-corrected chi connectivity index (χ1v) is 14.8. The minimum Gasteiger partial charge on any atom is -0.466 e. The number of rotatable bonds is 6. The summed E-state index contributed by atoms with van der Waals surface area (Å²) in [6.07, 6.45) is 2.55. The Bertz CT molecular complexity index is 1300. The van der Waals surface area contributed by atoms with Gasteiger partial charge in [0.2, 0.25) is 5.91 Å². The highest BCUT2D eigenvalue weighted by atomic mass is 19.1. The standard InChI is InChI=1S/C32H38FN3O6/c1-3-22-5-7-23(8-6-22)28(37)35-19-15-32(16-20-35)36(29(38)24-9-11-26(33)12-10-24)27(21-42-32)30(39)34-17-13-25(14-18-34)31(40)41-4-2/h5-12,25,27H,3-4,13-21H2,1-2H3/t27-/m0/s1. The molecule has 0 N–H and O–H groups in total. The summed E-state index contributed by atoms with van der Waals surface area (Å²) in [6.45, 7) is 5.63. The Morgan fingerprint density at radius 3 is 2.05 bits per heavy atom. The molecule has 42 heavy (non-hydrogen) atoms. The summed E-state index contributed by atoms with van der Waals surface area (Å²) in [6, 6.07) is 12.0. The first-order chi connectivity index (χ1) is 20.3. The van der Waals surface area contributed by atoms with E-state index in [4.69, 9.17) is 9.47 Å². The zero-order chi connectivity index (χ0) is 29.9. The van der Waals surface area contributed by atoms with Crippen LogP contribution >= 0.6 is 0 Å². The van der Waals surface area contributed by atoms with Gasteiger partial charge in [-0.05, 0) is 68.1 Å². The van der Waals surface area contributed by atoms with Crippen molar-refractivity contribution in [2.45, 2.75) is 57.7 Å². The highest BCUT2D eigenvalue weighted by Gasteiger charge is 2.55. The Balaban J connectivity index is 1.33. The van der Waals surface area contributed by atoms with E-state index >= 15 is 0 Å². The van der Waals surface area contributed by atoms with Gasteiger partial charge in [0.05, 0.1) is 19.1 Å². The van der Waals surface area contributed by atoms with Crippen molar-refractivity contribution in [1.82, 2.24) is 14.7 Å². The number of ether oxygens (including phenoxy) is 2. The lowest BCUT2D eigenvalue weighted by atomic mass is 9.94. The van der Waals surface area contributed by atoms with Crippen LogP contribution in [0.15, 0.2) is 48.5 Å². The second kappa shape index (κ2) is 12.6. The maximum absolute atomic E-state index is 14.0. The molecule has 0 aliphatic carbocycles. The van der Waals surface area contributed by atoms with Crippen LogP contribution in [0.2, 0.25) is 0 Å². The molecule has 0 saturated carbocycles. The van der Waals surface area contributed by atoms with E-state index in [0.29, 0.717) is 64.0 Å². The molecule has 3 aliphatic heterocycles. The second-order valence-electron chi connectivity index (χ2n) is 11.1. The van der Waals surface area contributed by atoms with Crippen molar-refractivity contribution in [2.24, 2.45) is 5.92 Å². The van der Waals surface area contributed by atoms with Gasteiger partial charge in [-0.2, -0.15) is 0 Å². The molecule has 3 saturated heterocycles. The molecule has 224 valence electrons. The molecular formula is C32H38FN3O6. The monoisotopic (exact) mass is 579 g/mol. The van der Waals surface area contributed by atoms with Gasteiger partial charge < -0.3 is 19.3 Å². The Morgan fingerprint density at radius 2 is 1.45 bits per heavy atom. The molecular weight excluding hydrogens is 541 g/mol. The molecule has 0 radical (unpaired) electrons. The molecule has 2 aromatic carbocycles. The highest BCUT2D eigenvalue weighted by Crippen LogP contribution is 2.39. The summed E-state index contributed by atoms with van der Waals surface area (Å²) in [5.41, 5.74) is 0.945. The number of hydrogen-bond acceptors (Lipinski definition) is 6. The topological polar surface area (TPSA) is 96.5 Å². The lowest BCUT2D eigenvalue weighted by Crippen LogP contribution is -2.60. The van der Waals surface area contributed by atoms with Gasteiger partial charge in [0.1, 0.15) is 17.6 Å². The van der Waals surface area contributed by atoms with Crippen LogP contribution in [0, 0.1) is 11.7 Å². The quantitative estimate of drug-likeness (QED) is 0.485. The van der Waals surface area contributed by atoms with Gasteiger partial charge in [0, 0.05) is 50.1 Å². The van der Waals surface area contributed by atoms with Gasteiger partial charge in [-0.1, -0.05) is 19.1 Å². The van der Waals surface area contributed by atoms with Gasteiger partial charge in [-0.3, -0.25) is 24.1 Å². The first kappa shape index (κ1) is 29.7. The number of benzene rings is 2. The Hall–Kier alpha value is -3.79. The largest absolute Gasteiger partial charge is 0.466 e. The smallest absolute Gasteiger partial charge is 0.309 e. The lowest BCUT2D eigenvalue weighted by molar-refractivity contribution is -0.152. The summed E-state index contributed by atoms with van der Waals surface area (Å²) in [4.78, 5) is 58.2. The molecule has 5 rings (SSSR count). The van der Waals surface area contributed by atoms with Gasteiger partial charge in [0.25, 0.3) is 11.8 Å². The third-order valence-corrected chi connectivity index (χ3v) is 8.72. The maximum Gasteiger partial charge on any atom is 0.309 e. The van der Waals surface area contributed by atoms with Crippen LogP contribution in [0.1, 0.15) is 65.8 Å². The summed E-state index contributed by atoms with van der Waals surface area (Å²) < 4.78 is 25.1. The number of nitrogens with zero attached hydrogens (tertiary/aromatic N) is 3. The van der Waals surface area contributed by atoms with E-state index < -0.39 is 23.5 Å². The van der Waals surface area contributed by atoms with Crippen molar-refractivity contribution >= 4 is 23.7 Å². The van der Waals surface area contributed by atoms with Crippen LogP contribution < -0.4 is 0 Å². The van der Waals surface area contributed by atoms with Crippen molar-refractivity contribution in [1.29, 1.82) is 0 Å². The van der Waals surface area contributed by atoms with E-state index in [1.807, 2.05) is 24.3 Å². The zero-order valence-corrected chi connectivity index (χ0v) is 24.2. The Kier molecular flexibility index (Phi) is 8.91. The first-order valence-electron chi connectivity index (χ1n) is 14.8. The number of esters is 1. The number of carbonyl (C=O) groups excluding carboxylic acids is 4. The molecule has 2 aromatic rings. The van der Waals surface area contributed by atoms with Crippen molar-refractivity contribution in [3.63, 3.8) is 0 Å². The van der Waals surface area contributed by atoms with E-state index in [1.54, 1.807) is 16.7 Å². The molecule has 0 unspecified atom stereocenters. The molecule has 3 heterocycles. The molecule has 3 amide bonds. The number of aryl methyl sites for hydroxylation is 1. The fourth-order valence-corrected chi connectivity index (χ4v) is 6.22. The summed E-state index contributed by atoms with van der Waals surface area (Å²) in [7, 11) is 0.